The van der Waals surface area contributed by atoms with Gasteiger partial charge in [0.2, 0.25) is 0 Å². The Balaban J connectivity index is 1.80. The molecule has 11 heteroatoms. The van der Waals surface area contributed by atoms with E-state index >= 15 is 0 Å². The van der Waals surface area contributed by atoms with Crippen LogP contribution in [-0.4, -0.2) is 43.0 Å². The molecule has 4 rings (SSSR count). The number of nitrogens with one attached hydrogen (secondary N) is 1. The monoisotopic (exact) mass is 556 g/mol. The van der Waals surface area contributed by atoms with Gasteiger partial charge in [-0.1, -0.05) is 26.8 Å². The molecule has 1 amide bonds. The molecule has 1 fully saturated rings. The summed E-state index contributed by atoms with van der Waals surface area (Å²) >= 11 is 0. The van der Waals surface area contributed by atoms with Crippen molar-refractivity contribution in [3.05, 3.63) is 59.9 Å². The number of hydrogen-bond acceptors (Lipinski definition) is 8. The molecule has 1 unspecified atom stereocenters. The van der Waals surface area contributed by atoms with E-state index in [2.05, 4.69) is 4.98 Å². The van der Waals surface area contributed by atoms with Crippen LogP contribution in [-0.2, 0) is 10.0 Å². The lowest BCUT2D eigenvalue weighted by atomic mass is 9.97. The largest absolute Gasteiger partial charge is 0.493 e. The second-order valence-corrected chi connectivity index (χ2v) is 12.4. The Morgan fingerprint density at radius 3 is 2.64 bits per heavy atom. The molecule has 9 nitrogen and oxygen atoms in total. The lowest BCUT2D eigenvalue weighted by Crippen LogP contribution is -2.41. The van der Waals surface area contributed by atoms with Crippen molar-refractivity contribution in [2.24, 2.45) is 11.8 Å². The Hall–Kier alpha value is -3.73. The zero-order chi connectivity index (χ0) is 29.4. The minimum Gasteiger partial charge on any atom is -0.493 e. The topological polar surface area (TPSA) is 128 Å². The van der Waals surface area contributed by atoms with Crippen LogP contribution >= 0.6 is 0 Å². The Morgan fingerprint density at radius 2 is 2.00 bits per heavy atom. The molecule has 0 aliphatic carbocycles. The number of pyridine rings is 2. The first-order valence-electron chi connectivity index (χ1n) is 13.2. The number of amides is 1. The summed E-state index contributed by atoms with van der Waals surface area (Å²) in [6, 6.07) is 11.3. The van der Waals surface area contributed by atoms with Gasteiger partial charge in [0.05, 0.1) is 17.9 Å². The number of halogens is 1. The van der Waals surface area contributed by atoms with Gasteiger partial charge in [0.15, 0.2) is 5.03 Å². The molecule has 1 aliphatic rings. The summed E-state index contributed by atoms with van der Waals surface area (Å²) in [5.41, 5.74) is 5.75. The molecular weight excluding hydrogens is 521 g/mol. The molecule has 1 aromatic carbocycles. The summed E-state index contributed by atoms with van der Waals surface area (Å²) in [5, 5.41) is -0.408. The van der Waals surface area contributed by atoms with E-state index in [0.29, 0.717) is 30.0 Å². The number of anilines is 2. The Bertz CT molecular complexity index is 1530. The van der Waals surface area contributed by atoms with Crippen molar-refractivity contribution < 1.29 is 23.7 Å². The number of nitrogens with two attached hydrogens (primary N) is 1. The molecule has 0 spiro atoms. The maximum absolute atomic E-state index is 14.6. The van der Waals surface area contributed by atoms with Crippen molar-refractivity contribution in [3.8, 4) is 17.0 Å². The van der Waals surface area contributed by atoms with Crippen molar-refractivity contribution in [1.29, 1.82) is 0 Å². The number of aromatic nitrogens is 2. The van der Waals surface area contributed by atoms with Gasteiger partial charge in [-0.05, 0) is 68.5 Å². The van der Waals surface area contributed by atoms with E-state index in [4.69, 9.17) is 16.8 Å². The average Bonchev–Trinajstić information content (AvgIpc) is 3.07. The third-order valence-corrected chi connectivity index (χ3v) is 7.46. The predicted octanol–water partition coefficient (Wildman–Crippen LogP) is 4.64. The lowest BCUT2D eigenvalue weighted by Gasteiger charge is -2.34. The average molecular weight is 557 g/mol. The van der Waals surface area contributed by atoms with Gasteiger partial charge in [-0.3, -0.25) is 4.79 Å². The molecule has 3 aromatic rings. The number of benzene rings is 1. The first-order chi connectivity index (χ1) is 18.7. The Kier molecular flexibility index (Phi) is 7.44. The highest BCUT2D eigenvalue weighted by atomic mass is 32.2. The van der Waals surface area contributed by atoms with Gasteiger partial charge in [-0.15, -0.1) is 0 Å². The van der Waals surface area contributed by atoms with E-state index in [1.165, 1.54) is 42.5 Å². The van der Waals surface area contributed by atoms with Crippen LogP contribution in [0.2, 0.25) is 0 Å². The van der Waals surface area contributed by atoms with Crippen LogP contribution in [0.5, 0.6) is 5.75 Å². The van der Waals surface area contributed by atoms with Gasteiger partial charge in [-0.25, -0.2) is 19.1 Å². The van der Waals surface area contributed by atoms with Crippen LogP contribution in [0.4, 0.5) is 16.0 Å². The maximum Gasteiger partial charge on any atom is 0.281 e. The molecule has 2 atom stereocenters. The highest BCUT2D eigenvalue weighted by Crippen LogP contribution is 2.38. The van der Waals surface area contributed by atoms with Gasteiger partial charge in [0, 0.05) is 25.1 Å². The van der Waals surface area contributed by atoms with Crippen LogP contribution in [0.1, 0.15) is 52.8 Å². The fourth-order valence-corrected chi connectivity index (χ4v) is 5.53. The summed E-state index contributed by atoms with van der Waals surface area (Å²) < 4.78 is 57.0. The van der Waals surface area contributed by atoms with Crippen LogP contribution in [0.25, 0.3) is 11.3 Å². The molecule has 0 radical (unpaired) electrons. The summed E-state index contributed by atoms with van der Waals surface area (Å²) in [6.45, 7) is 9.41. The fraction of sp³-hybridized carbons (Fsp3) is 0.393. The maximum atomic E-state index is 14.6. The van der Waals surface area contributed by atoms with Crippen LogP contribution in [0.3, 0.4) is 0 Å². The van der Waals surface area contributed by atoms with Gasteiger partial charge < -0.3 is 15.4 Å². The SMILES string of the molecule is [2H]C1[C@@H](C)CC(C)(C)N1c1nc(-c2cc(F)cc(OCC(C)C)c2)ccc1C(=O)NS(=O)(=O)c1cccc(N)n1. The smallest absolute Gasteiger partial charge is 0.281 e. The normalized spacial score (nSPS) is 19.2. The first kappa shape index (κ1) is 26.9. The number of rotatable bonds is 8. The van der Waals surface area contributed by atoms with E-state index in [9.17, 15) is 17.6 Å². The van der Waals surface area contributed by atoms with E-state index in [1.807, 2.05) is 39.3 Å². The van der Waals surface area contributed by atoms with Gasteiger partial charge >= 0.3 is 0 Å². The van der Waals surface area contributed by atoms with Crippen LogP contribution in [0.15, 0.2) is 53.6 Å². The number of sulfonamides is 1. The Labute approximate surface area is 230 Å². The number of carbonyl (C=O) groups excluding carboxylic acids is 1. The molecule has 0 saturated carbocycles. The molecular formula is C28H34FN5O4S. The molecule has 2 aromatic heterocycles. The van der Waals surface area contributed by atoms with E-state index in [0.717, 1.165) is 0 Å². The minimum atomic E-state index is -4.36. The standard InChI is InChI=1S/C28H34FN5O4S/c1-17(2)16-38-21-12-19(11-20(29)13-21)23-10-9-22(26(31-23)34-15-18(3)14-28(34,4)5)27(35)33-39(36,37)25-8-6-7-24(30)32-25/h6-13,17-18H,14-16H2,1-5H3,(H2,30,32)(H,33,35)/t18-/m0/s1/i15D/t15?,18-. The molecule has 1 saturated heterocycles. The van der Waals surface area contributed by atoms with Gasteiger partial charge in [-0.2, -0.15) is 8.42 Å². The van der Waals surface area contributed by atoms with Gasteiger partial charge in [0.25, 0.3) is 15.9 Å². The zero-order valence-electron chi connectivity index (χ0n) is 23.6. The van der Waals surface area contributed by atoms with Crippen molar-refractivity contribution in [2.45, 2.75) is 51.6 Å². The third kappa shape index (κ3) is 6.47. The van der Waals surface area contributed by atoms with Crippen LogP contribution in [0, 0.1) is 17.7 Å². The second kappa shape index (κ2) is 10.8. The summed E-state index contributed by atoms with van der Waals surface area (Å²) in [6.07, 6.45) is 0.646. The highest BCUT2D eigenvalue weighted by Gasteiger charge is 2.39. The first-order valence-corrected chi connectivity index (χ1v) is 14.1. The number of carbonyl (C=O) groups is 1. The van der Waals surface area contributed by atoms with Crippen LogP contribution < -0.4 is 20.1 Å². The summed E-state index contributed by atoms with van der Waals surface area (Å²) in [7, 11) is -4.36. The lowest BCUT2D eigenvalue weighted by molar-refractivity contribution is 0.0981. The van der Waals surface area contributed by atoms with Gasteiger partial charge in [0.1, 0.15) is 23.2 Å². The number of nitrogens with zero attached hydrogens (tertiary/aromatic N) is 3. The highest BCUT2D eigenvalue weighted by molar-refractivity contribution is 7.90. The molecule has 3 heterocycles. The van der Waals surface area contributed by atoms with E-state index in [1.54, 1.807) is 11.0 Å². The van der Waals surface area contributed by atoms with Crippen molar-refractivity contribution in [3.63, 3.8) is 0 Å². The Morgan fingerprint density at radius 1 is 1.26 bits per heavy atom. The zero-order valence-corrected chi connectivity index (χ0v) is 23.4. The third-order valence-electron chi connectivity index (χ3n) is 6.22. The van der Waals surface area contributed by atoms with Crippen molar-refractivity contribution in [1.82, 2.24) is 14.7 Å². The number of nitrogen functional groups attached to an aromatic ring is 1. The molecule has 0 bridgehead atoms. The predicted molar refractivity (Wildman–Crippen MR) is 148 cm³/mol. The van der Waals surface area contributed by atoms with E-state index < -0.39 is 38.8 Å². The quantitative estimate of drug-likeness (QED) is 0.411. The molecule has 39 heavy (non-hydrogen) atoms. The second-order valence-electron chi connectivity index (χ2n) is 10.8. The summed E-state index contributed by atoms with van der Waals surface area (Å²) in [4.78, 5) is 23.7. The molecule has 1 aliphatic heterocycles. The number of ether oxygens (including phenoxy) is 1. The molecule has 208 valence electrons. The molecule has 3 N–H and O–H groups in total. The van der Waals surface area contributed by atoms with Crippen molar-refractivity contribution in [2.75, 3.05) is 23.8 Å². The minimum absolute atomic E-state index is 0.0151. The van der Waals surface area contributed by atoms with Crippen molar-refractivity contribution >= 4 is 27.6 Å². The number of hydrogen-bond donors (Lipinski definition) is 2. The van der Waals surface area contributed by atoms with E-state index in [-0.39, 0.29) is 29.0 Å². The summed E-state index contributed by atoms with van der Waals surface area (Å²) in [5.74, 6) is -0.837. The fourth-order valence-electron chi connectivity index (χ4n) is 4.59.